The molecule has 0 aliphatic heterocycles. The molecule has 1 unspecified atom stereocenters. The number of rotatable bonds is 9. The maximum absolute atomic E-state index is 3.51. The van der Waals surface area contributed by atoms with Crippen molar-refractivity contribution in [1.82, 2.24) is 10.6 Å². The fraction of sp³-hybridized carbons (Fsp3) is 1.00. The van der Waals surface area contributed by atoms with E-state index in [1.54, 1.807) is 0 Å². The van der Waals surface area contributed by atoms with Crippen LogP contribution < -0.4 is 10.6 Å². The van der Waals surface area contributed by atoms with Crippen LogP contribution in [0.5, 0.6) is 0 Å². The van der Waals surface area contributed by atoms with E-state index in [4.69, 9.17) is 0 Å². The van der Waals surface area contributed by atoms with E-state index in [0.29, 0.717) is 6.04 Å². The van der Waals surface area contributed by atoms with Gasteiger partial charge in [0.1, 0.15) is 0 Å². The summed E-state index contributed by atoms with van der Waals surface area (Å²) in [6.45, 7) is 10.1. The molecule has 0 aromatic rings. The summed E-state index contributed by atoms with van der Waals surface area (Å²) in [6.07, 6.45) is 5.19. The molecule has 0 fully saturated rings. The van der Waals surface area contributed by atoms with E-state index in [-0.39, 0.29) is 0 Å². The van der Waals surface area contributed by atoms with Crippen LogP contribution in [0.1, 0.15) is 46.5 Å². The summed E-state index contributed by atoms with van der Waals surface area (Å²) >= 11 is 0. The molecule has 0 aliphatic rings. The SMILES string of the molecule is CCCCC(C)NCCNCCC. The monoisotopic (exact) mass is 186 g/mol. The molecule has 0 bridgehead atoms. The zero-order valence-corrected chi connectivity index (χ0v) is 9.53. The first-order valence-corrected chi connectivity index (χ1v) is 5.75. The van der Waals surface area contributed by atoms with Crippen LogP contribution in [0.3, 0.4) is 0 Å². The molecule has 0 heterocycles. The van der Waals surface area contributed by atoms with E-state index >= 15 is 0 Å². The van der Waals surface area contributed by atoms with Gasteiger partial charge in [-0.2, -0.15) is 0 Å². The summed E-state index contributed by atoms with van der Waals surface area (Å²) < 4.78 is 0. The Labute approximate surface area is 83.5 Å². The highest BCUT2D eigenvalue weighted by molar-refractivity contribution is 4.61. The fourth-order valence-corrected chi connectivity index (χ4v) is 1.32. The summed E-state index contributed by atoms with van der Waals surface area (Å²) in [5.41, 5.74) is 0. The Bertz CT molecular complexity index is 94.1. The van der Waals surface area contributed by atoms with Gasteiger partial charge in [-0.25, -0.2) is 0 Å². The quantitative estimate of drug-likeness (QED) is 0.539. The van der Waals surface area contributed by atoms with Gasteiger partial charge in [-0.15, -0.1) is 0 Å². The molecule has 0 aromatic carbocycles. The van der Waals surface area contributed by atoms with Crippen molar-refractivity contribution in [3.05, 3.63) is 0 Å². The maximum Gasteiger partial charge on any atom is 0.00792 e. The molecular formula is C11H26N2. The highest BCUT2D eigenvalue weighted by atomic mass is 15.0. The lowest BCUT2D eigenvalue weighted by Crippen LogP contribution is -2.33. The second-order valence-electron chi connectivity index (χ2n) is 3.75. The third-order valence-electron chi connectivity index (χ3n) is 2.21. The summed E-state index contributed by atoms with van der Waals surface area (Å²) in [7, 11) is 0. The molecule has 0 aliphatic carbocycles. The Balaban J connectivity index is 3.03. The normalized spacial score (nSPS) is 13.2. The van der Waals surface area contributed by atoms with Crippen LogP contribution in [0.15, 0.2) is 0 Å². The van der Waals surface area contributed by atoms with Crippen LogP contribution in [-0.4, -0.2) is 25.7 Å². The van der Waals surface area contributed by atoms with Crippen molar-refractivity contribution in [2.24, 2.45) is 0 Å². The molecular weight excluding hydrogens is 160 g/mol. The van der Waals surface area contributed by atoms with E-state index in [9.17, 15) is 0 Å². The van der Waals surface area contributed by atoms with Crippen LogP contribution in [0.25, 0.3) is 0 Å². The molecule has 0 radical (unpaired) electrons. The second kappa shape index (κ2) is 10.0. The molecule has 2 N–H and O–H groups in total. The minimum atomic E-state index is 0.684. The Morgan fingerprint density at radius 3 is 2.38 bits per heavy atom. The average molecular weight is 186 g/mol. The van der Waals surface area contributed by atoms with Crippen LogP contribution in [-0.2, 0) is 0 Å². The molecule has 80 valence electrons. The fourth-order valence-electron chi connectivity index (χ4n) is 1.32. The molecule has 0 amide bonds. The van der Waals surface area contributed by atoms with E-state index in [0.717, 1.165) is 19.6 Å². The van der Waals surface area contributed by atoms with Gasteiger partial charge in [0, 0.05) is 19.1 Å². The number of hydrogen-bond acceptors (Lipinski definition) is 2. The van der Waals surface area contributed by atoms with Crippen molar-refractivity contribution < 1.29 is 0 Å². The maximum atomic E-state index is 3.51. The predicted octanol–water partition coefficient (Wildman–Crippen LogP) is 2.15. The first kappa shape index (κ1) is 12.9. The van der Waals surface area contributed by atoms with Gasteiger partial charge in [0.15, 0.2) is 0 Å². The van der Waals surface area contributed by atoms with Gasteiger partial charge in [-0.3, -0.25) is 0 Å². The number of unbranched alkanes of at least 4 members (excludes halogenated alkanes) is 1. The molecule has 0 rings (SSSR count). The van der Waals surface area contributed by atoms with Gasteiger partial charge in [0.2, 0.25) is 0 Å². The Morgan fingerprint density at radius 2 is 1.77 bits per heavy atom. The largest absolute Gasteiger partial charge is 0.315 e. The zero-order chi connectivity index (χ0) is 9.94. The van der Waals surface area contributed by atoms with E-state index < -0.39 is 0 Å². The van der Waals surface area contributed by atoms with Crippen molar-refractivity contribution in [2.75, 3.05) is 19.6 Å². The summed E-state index contributed by atoms with van der Waals surface area (Å²) in [4.78, 5) is 0. The Hall–Kier alpha value is -0.0800. The summed E-state index contributed by atoms with van der Waals surface area (Å²) in [5, 5.41) is 6.90. The number of hydrogen-bond donors (Lipinski definition) is 2. The van der Waals surface area contributed by atoms with E-state index in [2.05, 4.69) is 31.4 Å². The smallest absolute Gasteiger partial charge is 0.00792 e. The van der Waals surface area contributed by atoms with Crippen LogP contribution in [0.2, 0.25) is 0 Å². The van der Waals surface area contributed by atoms with Crippen LogP contribution in [0.4, 0.5) is 0 Å². The topological polar surface area (TPSA) is 24.1 Å². The van der Waals surface area contributed by atoms with Crippen LogP contribution >= 0.6 is 0 Å². The summed E-state index contributed by atoms with van der Waals surface area (Å²) in [5.74, 6) is 0. The second-order valence-corrected chi connectivity index (χ2v) is 3.75. The Kier molecular flexibility index (Phi) is 9.94. The Morgan fingerprint density at radius 1 is 1.00 bits per heavy atom. The van der Waals surface area contributed by atoms with Gasteiger partial charge in [-0.05, 0) is 26.3 Å². The predicted molar refractivity (Wildman–Crippen MR) is 60.2 cm³/mol. The lowest BCUT2D eigenvalue weighted by atomic mass is 10.1. The van der Waals surface area contributed by atoms with Crippen LogP contribution in [0, 0.1) is 0 Å². The van der Waals surface area contributed by atoms with Gasteiger partial charge in [0.05, 0.1) is 0 Å². The zero-order valence-electron chi connectivity index (χ0n) is 9.53. The molecule has 0 saturated carbocycles. The molecule has 2 nitrogen and oxygen atoms in total. The minimum Gasteiger partial charge on any atom is -0.315 e. The van der Waals surface area contributed by atoms with Crippen molar-refractivity contribution >= 4 is 0 Å². The first-order chi connectivity index (χ1) is 6.31. The van der Waals surface area contributed by atoms with Gasteiger partial charge in [0.25, 0.3) is 0 Å². The number of nitrogens with one attached hydrogen (secondary N) is 2. The van der Waals surface area contributed by atoms with Crippen molar-refractivity contribution in [3.8, 4) is 0 Å². The lowest BCUT2D eigenvalue weighted by Gasteiger charge is -2.13. The summed E-state index contributed by atoms with van der Waals surface area (Å²) in [6, 6.07) is 0.684. The van der Waals surface area contributed by atoms with Gasteiger partial charge in [-0.1, -0.05) is 26.7 Å². The minimum absolute atomic E-state index is 0.684. The van der Waals surface area contributed by atoms with Crippen molar-refractivity contribution in [2.45, 2.75) is 52.5 Å². The molecule has 13 heavy (non-hydrogen) atoms. The molecule has 0 spiro atoms. The van der Waals surface area contributed by atoms with E-state index in [1.807, 2.05) is 0 Å². The highest BCUT2D eigenvalue weighted by Gasteiger charge is 1.98. The van der Waals surface area contributed by atoms with Gasteiger partial charge < -0.3 is 10.6 Å². The molecule has 0 saturated heterocycles. The van der Waals surface area contributed by atoms with Crippen molar-refractivity contribution in [1.29, 1.82) is 0 Å². The first-order valence-electron chi connectivity index (χ1n) is 5.75. The third kappa shape index (κ3) is 9.84. The molecule has 1 atom stereocenters. The molecule has 0 aromatic heterocycles. The lowest BCUT2D eigenvalue weighted by molar-refractivity contribution is 0.486. The van der Waals surface area contributed by atoms with Crippen molar-refractivity contribution in [3.63, 3.8) is 0 Å². The van der Waals surface area contributed by atoms with E-state index in [1.165, 1.54) is 25.7 Å². The molecule has 2 heteroatoms. The highest BCUT2D eigenvalue weighted by Crippen LogP contribution is 1.98. The standard InChI is InChI=1S/C11H26N2/c1-4-6-7-11(3)13-10-9-12-8-5-2/h11-13H,4-10H2,1-3H3. The average Bonchev–Trinajstić information content (AvgIpc) is 2.14. The van der Waals surface area contributed by atoms with Gasteiger partial charge >= 0.3 is 0 Å². The third-order valence-corrected chi connectivity index (χ3v) is 2.21.